The van der Waals surface area contributed by atoms with E-state index >= 15 is 0 Å². The normalized spacial score (nSPS) is 13.8. The minimum Gasteiger partial charge on any atom is -0.388 e. The standard InChI is InChI=1S/C12H17N3O3S/c1-2-19(17,18)7-3-4-12(16)10-8-14-15-6-5-13-9-11(10)15/h5-6,8-9,12,16H,2-4,7H2,1H3. The van der Waals surface area contributed by atoms with Crippen LogP contribution >= 0.6 is 0 Å². The average molecular weight is 283 g/mol. The van der Waals surface area contributed by atoms with Crippen molar-refractivity contribution in [3.63, 3.8) is 0 Å². The van der Waals surface area contributed by atoms with Crippen LogP contribution in [-0.2, 0) is 9.84 Å². The lowest BCUT2D eigenvalue weighted by Crippen LogP contribution is -2.10. The second-order valence-electron chi connectivity index (χ2n) is 4.40. The first-order chi connectivity index (χ1) is 9.03. The Kier molecular flexibility index (Phi) is 4.16. The molecule has 0 spiro atoms. The summed E-state index contributed by atoms with van der Waals surface area (Å²) in [4.78, 5) is 3.99. The number of aliphatic hydroxyl groups excluding tert-OH is 1. The minimum absolute atomic E-state index is 0.109. The molecule has 2 rings (SSSR count). The largest absolute Gasteiger partial charge is 0.388 e. The van der Waals surface area contributed by atoms with Crippen molar-refractivity contribution >= 4 is 15.4 Å². The van der Waals surface area contributed by atoms with Gasteiger partial charge in [0.25, 0.3) is 0 Å². The summed E-state index contributed by atoms with van der Waals surface area (Å²) >= 11 is 0. The highest BCUT2D eigenvalue weighted by Crippen LogP contribution is 2.22. The SMILES string of the molecule is CCS(=O)(=O)CCCC(O)c1cnn2ccncc12. The molecule has 104 valence electrons. The molecular weight excluding hydrogens is 266 g/mol. The Morgan fingerprint density at radius 3 is 2.95 bits per heavy atom. The molecule has 2 heterocycles. The van der Waals surface area contributed by atoms with Crippen molar-refractivity contribution in [3.8, 4) is 0 Å². The van der Waals surface area contributed by atoms with E-state index in [1.165, 1.54) is 0 Å². The zero-order valence-corrected chi connectivity index (χ0v) is 11.5. The van der Waals surface area contributed by atoms with Crippen molar-refractivity contribution in [1.82, 2.24) is 14.6 Å². The third kappa shape index (κ3) is 3.30. The first-order valence-corrected chi connectivity index (χ1v) is 8.01. The van der Waals surface area contributed by atoms with Crippen LogP contribution in [0.5, 0.6) is 0 Å². The molecule has 0 radical (unpaired) electrons. The van der Waals surface area contributed by atoms with Gasteiger partial charge >= 0.3 is 0 Å². The molecule has 19 heavy (non-hydrogen) atoms. The molecule has 0 saturated heterocycles. The van der Waals surface area contributed by atoms with Crippen molar-refractivity contribution in [2.75, 3.05) is 11.5 Å². The molecule has 1 atom stereocenters. The van der Waals surface area contributed by atoms with Crippen LogP contribution in [-0.4, -0.2) is 39.6 Å². The van der Waals surface area contributed by atoms with Gasteiger partial charge in [0.05, 0.1) is 29.8 Å². The van der Waals surface area contributed by atoms with E-state index in [-0.39, 0.29) is 11.5 Å². The molecule has 0 bridgehead atoms. The second-order valence-corrected chi connectivity index (χ2v) is 6.87. The Hall–Kier alpha value is -1.47. The maximum atomic E-state index is 11.4. The Balaban J connectivity index is 2.02. The summed E-state index contributed by atoms with van der Waals surface area (Å²) in [7, 11) is -2.97. The molecule has 0 aliphatic heterocycles. The van der Waals surface area contributed by atoms with Crippen LogP contribution < -0.4 is 0 Å². The zero-order valence-electron chi connectivity index (χ0n) is 10.7. The van der Waals surface area contributed by atoms with E-state index in [1.54, 1.807) is 36.2 Å². The van der Waals surface area contributed by atoms with Crippen molar-refractivity contribution in [3.05, 3.63) is 30.4 Å². The van der Waals surface area contributed by atoms with Crippen LogP contribution in [0.3, 0.4) is 0 Å². The molecule has 0 aliphatic carbocycles. The molecule has 7 heteroatoms. The smallest absolute Gasteiger partial charge is 0.150 e. The summed E-state index contributed by atoms with van der Waals surface area (Å²) < 4.78 is 24.4. The first-order valence-electron chi connectivity index (χ1n) is 6.19. The van der Waals surface area contributed by atoms with E-state index in [9.17, 15) is 13.5 Å². The molecule has 6 nitrogen and oxygen atoms in total. The van der Waals surface area contributed by atoms with Crippen molar-refractivity contribution in [2.45, 2.75) is 25.9 Å². The number of hydrogen-bond donors (Lipinski definition) is 1. The highest BCUT2D eigenvalue weighted by molar-refractivity contribution is 7.91. The molecule has 1 unspecified atom stereocenters. The molecule has 2 aromatic heterocycles. The molecule has 0 fully saturated rings. The van der Waals surface area contributed by atoms with E-state index in [2.05, 4.69) is 10.1 Å². The second kappa shape index (κ2) is 5.66. The molecular formula is C12H17N3O3S. The Labute approximate surface area is 112 Å². The Bertz CT molecular complexity index is 651. The van der Waals surface area contributed by atoms with Crippen molar-refractivity contribution in [2.24, 2.45) is 0 Å². The van der Waals surface area contributed by atoms with Crippen LogP contribution in [0.15, 0.2) is 24.8 Å². The van der Waals surface area contributed by atoms with Gasteiger partial charge in [-0.2, -0.15) is 5.10 Å². The van der Waals surface area contributed by atoms with Gasteiger partial charge in [-0.3, -0.25) is 4.98 Å². The van der Waals surface area contributed by atoms with Crippen LogP contribution in [0, 0.1) is 0 Å². The predicted molar refractivity (Wildman–Crippen MR) is 71.5 cm³/mol. The van der Waals surface area contributed by atoms with Gasteiger partial charge in [0.15, 0.2) is 0 Å². The lowest BCUT2D eigenvalue weighted by molar-refractivity contribution is 0.168. The number of aliphatic hydroxyl groups is 1. The van der Waals surface area contributed by atoms with Crippen LogP contribution in [0.4, 0.5) is 0 Å². The van der Waals surface area contributed by atoms with Crippen molar-refractivity contribution < 1.29 is 13.5 Å². The zero-order chi connectivity index (χ0) is 13.9. The summed E-state index contributed by atoms with van der Waals surface area (Å²) in [5.74, 6) is 0.252. The first kappa shape index (κ1) is 14.0. The van der Waals surface area contributed by atoms with E-state index < -0.39 is 15.9 Å². The maximum Gasteiger partial charge on any atom is 0.150 e. The van der Waals surface area contributed by atoms with Crippen LogP contribution in [0.2, 0.25) is 0 Å². The van der Waals surface area contributed by atoms with E-state index in [4.69, 9.17) is 0 Å². The lowest BCUT2D eigenvalue weighted by Gasteiger charge is -2.08. The van der Waals surface area contributed by atoms with E-state index in [0.717, 1.165) is 5.52 Å². The van der Waals surface area contributed by atoms with E-state index in [1.807, 2.05) is 0 Å². The van der Waals surface area contributed by atoms with Gasteiger partial charge in [0.2, 0.25) is 0 Å². The van der Waals surface area contributed by atoms with Crippen LogP contribution in [0.1, 0.15) is 31.4 Å². The van der Waals surface area contributed by atoms with Gasteiger partial charge in [-0.25, -0.2) is 12.9 Å². The molecule has 0 saturated carbocycles. The third-order valence-electron chi connectivity index (χ3n) is 3.09. The summed E-state index contributed by atoms with van der Waals surface area (Å²) in [5.41, 5.74) is 1.43. The Morgan fingerprint density at radius 1 is 1.42 bits per heavy atom. The minimum atomic E-state index is -2.97. The number of sulfone groups is 1. The molecule has 1 N–H and O–H groups in total. The number of nitrogens with zero attached hydrogens (tertiary/aromatic N) is 3. The van der Waals surface area contributed by atoms with Gasteiger partial charge < -0.3 is 5.11 Å². The summed E-state index contributed by atoms with van der Waals surface area (Å²) in [5, 5.41) is 14.2. The average Bonchev–Trinajstić information content (AvgIpc) is 2.82. The van der Waals surface area contributed by atoms with Gasteiger partial charge in [-0.05, 0) is 12.8 Å². The fourth-order valence-electron chi connectivity index (χ4n) is 1.91. The third-order valence-corrected chi connectivity index (χ3v) is 4.88. The monoisotopic (exact) mass is 283 g/mol. The Morgan fingerprint density at radius 2 is 2.21 bits per heavy atom. The van der Waals surface area contributed by atoms with Gasteiger partial charge in [-0.1, -0.05) is 6.92 Å². The molecule has 2 aromatic rings. The maximum absolute atomic E-state index is 11.4. The quantitative estimate of drug-likeness (QED) is 0.854. The van der Waals surface area contributed by atoms with E-state index in [0.29, 0.717) is 18.4 Å². The number of rotatable bonds is 6. The lowest BCUT2D eigenvalue weighted by atomic mass is 10.1. The number of hydrogen-bond acceptors (Lipinski definition) is 5. The highest BCUT2D eigenvalue weighted by Gasteiger charge is 2.15. The molecule has 0 amide bonds. The highest BCUT2D eigenvalue weighted by atomic mass is 32.2. The summed E-state index contributed by atoms with van der Waals surface area (Å²) in [6.45, 7) is 1.63. The predicted octanol–water partition coefficient (Wildman–Crippen LogP) is 0.978. The van der Waals surface area contributed by atoms with Gasteiger partial charge in [0, 0.05) is 23.7 Å². The van der Waals surface area contributed by atoms with Crippen LogP contribution in [0.25, 0.3) is 5.52 Å². The van der Waals surface area contributed by atoms with Gasteiger partial charge in [-0.15, -0.1) is 0 Å². The fraction of sp³-hybridized carbons (Fsp3) is 0.500. The van der Waals surface area contributed by atoms with Gasteiger partial charge in [0.1, 0.15) is 9.84 Å². The molecule has 0 aliphatic rings. The number of fused-ring (bicyclic) bond motifs is 1. The fourth-order valence-corrected chi connectivity index (χ4v) is 2.80. The molecule has 0 aromatic carbocycles. The topological polar surface area (TPSA) is 84.6 Å². The summed E-state index contributed by atoms with van der Waals surface area (Å²) in [6, 6.07) is 0. The number of aromatic nitrogens is 3. The summed E-state index contributed by atoms with van der Waals surface area (Å²) in [6.07, 6.45) is 6.67. The van der Waals surface area contributed by atoms with Crippen molar-refractivity contribution in [1.29, 1.82) is 0 Å².